The van der Waals surface area contributed by atoms with Gasteiger partial charge in [0.05, 0.1) is 6.42 Å². The van der Waals surface area contributed by atoms with Crippen LogP contribution in [-0.2, 0) is 16.0 Å². The number of nitrogens with one attached hydrogen (secondary N) is 2. The first-order valence-electron chi connectivity index (χ1n) is 14.3. The van der Waals surface area contributed by atoms with Gasteiger partial charge in [-0.1, -0.05) is 12.8 Å². The Morgan fingerprint density at radius 3 is 2.42 bits per heavy atom. The van der Waals surface area contributed by atoms with Crippen LogP contribution in [0.5, 0.6) is 0 Å². The van der Waals surface area contributed by atoms with E-state index in [9.17, 15) is 9.59 Å². The highest BCUT2D eigenvalue weighted by atomic mass is 16.2. The quantitative estimate of drug-likeness (QED) is 0.581. The molecule has 0 radical (unpaired) electrons. The number of hydrogen-bond donors (Lipinski definition) is 2. The van der Waals surface area contributed by atoms with Gasteiger partial charge in [0, 0.05) is 61.4 Å². The monoisotopic (exact) mass is 517 g/mol. The maximum atomic E-state index is 13.2. The third kappa shape index (κ3) is 4.61. The highest BCUT2D eigenvalue weighted by molar-refractivity contribution is 6.10. The zero-order valence-electron chi connectivity index (χ0n) is 22.6. The summed E-state index contributed by atoms with van der Waals surface area (Å²) in [6, 6.07) is 9.28. The van der Waals surface area contributed by atoms with Crippen LogP contribution in [0.2, 0.25) is 0 Å². The predicted molar refractivity (Wildman–Crippen MR) is 149 cm³/mol. The van der Waals surface area contributed by atoms with Crippen molar-refractivity contribution in [3.8, 4) is 0 Å². The number of aromatic nitrogens is 2. The summed E-state index contributed by atoms with van der Waals surface area (Å²) < 4.78 is 0. The molecule has 2 saturated heterocycles. The lowest BCUT2D eigenvalue weighted by atomic mass is 9.88. The molecular weight excluding hydrogens is 478 g/mol. The van der Waals surface area contributed by atoms with Gasteiger partial charge in [0.25, 0.3) is 5.91 Å². The van der Waals surface area contributed by atoms with E-state index in [1.165, 1.54) is 5.69 Å². The normalized spacial score (nSPS) is 24.7. The van der Waals surface area contributed by atoms with Crippen molar-refractivity contribution in [3.05, 3.63) is 36.0 Å². The summed E-state index contributed by atoms with van der Waals surface area (Å²) in [7, 11) is 0. The van der Waals surface area contributed by atoms with Crippen LogP contribution >= 0.6 is 0 Å². The number of aryl methyl sites for hydroxylation is 1. The molecule has 3 aliphatic heterocycles. The molecule has 9 heteroatoms. The van der Waals surface area contributed by atoms with Crippen LogP contribution in [0.3, 0.4) is 0 Å². The lowest BCUT2D eigenvalue weighted by Gasteiger charge is -2.43. The molecule has 1 unspecified atom stereocenters. The molecule has 202 valence electrons. The molecule has 0 bridgehead atoms. The van der Waals surface area contributed by atoms with Gasteiger partial charge in [0.15, 0.2) is 0 Å². The summed E-state index contributed by atoms with van der Waals surface area (Å²) in [6.07, 6.45) is 8.72. The van der Waals surface area contributed by atoms with Crippen LogP contribution in [-0.4, -0.2) is 70.5 Å². The first-order valence-corrected chi connectivity index (χ1v) is 14.3. The fraction of sp³-hybridized carbons (Fsp3) is 0.586. The zero-order chi connectivity index (χ0) is 26.3. The SMILES string of the molecule is CC(C)N1CCN(c2ccc(Nc3ncc4c(n3)N(C3CCCC3)C3(CCC4)CC(=O)NC3=O)cc2)CC1. The highest BCUT2D eigenvalue weighted by Gasteiger charge is 2.54. The summed E-state index contributed by atoms with van der Waals surface area (Å²) in [5.41, 5.74) is 2.37. The summed E-state index contributed by atoms with van der Waals surface area (Å²) in [6.45, 7) is 8.76. The molecule has 4 heterocycles. The van der Waals surface area contributed by atoms with Gasteiger partial charge in [-0.25, -0.2) is 4.98 Å². The third-order valence-electron chi connectivity index (χ3n) is 8.92. The Bertz CT molecular complexity index is 1190. The molecular formula is C29H39N7O2. The second kappa shape index (κ2) is 10.2. The summed E-state index contributed by atoms with van der Waals surface area (Å²) in [4.78, 5) is 42.5. The molecule has 4 aliphatic rings. The largest absolute Gasteiger partial charge is 0.369 e. The number of nitrogens with zero attached hydrogens (tertiary/aromatic N) is 5. The van der Waals surface area contributed by atoms with E-state index in [0.29, 0.717) is 18.4 Å². The molecule has 1 saturated carbocycles. The average Bonchev–Trinajstić information content (AvgIpc) is 3.50. The van der Waals surface area contributed by atoms with Crippen LogP contribution < -0.4 is 20.4 Å². The van der Waals surface area contributed by atoms with Crippen molar-refractivity contribution in [2.45, 2.75) is 82.8 Å². The minimum atomic E-state index is -0.843. The summed E-state index contributed by atoms with van der Waals surface area (Å²) in [5, 5.41) is 5.99. The standard InChI is InChI=1S/C29H39N7O2/c1-20(2)34-14-16-35(17-15-34)23-11-9-22(10-12-23)31-28-30-19-21-6-5-13-29(18-25(37)32-27(29)38)36(26(21)33-28)24-7-3-4-8-24/h9-12,19-20,24H,3-8,13-18H2,1-2H3,(H,30,31,33)(H,32,37,38). The van der Waals surface area contributed by atoms with Crippen molar-refractivity contribution in [2.75, 3.05) is 41.3 Å². The molecule has 2 N–H and O–H groups in total. The third-order valence-corrected chi connectivity index (χ3v) is 8.92. The van der Waals surface area contributed by atoms with Crippen molar-refractivity contribution in [1.29, 1.82) is 0 Å². The number of benzene rings is 1. The van der Waals surface area contributed by atoms with E-state index in [4.69, 9.17) is 4.98 Å². The van der Waals surface area contributed by atoms with Gasteiger partial charge in [0.2, 0.25) is 11.9 Å². The van der Waals surface area contributed by atoms with E-state index in [0.717, 1.165) is 81.8 Å². The number of carbonyl (C=O) groups is 2. The number of piperazine rings is 1. The van der Waals surface area contributed by atoms with Crippen molar-refractivity contribution in [3.63, 3.8) is 0 Å². The number of fused-ring (bicyclic) bond motifs is 1. The van der Waals surface area contributed by atoms with Crippen LogP contribution in [0.4, 0.5) is 23.1 Å². The Balaban J connectivity index is 1.24. The van der Waals surface area contributed by atoms with Gasteiger partial charge in [-0.3, -0.25) is 19.8 Å². The van der Waals surface area contributed by atoms with Crippen molar-refractivity contribution < 1.29 is 9.59 Å². The molecule has 1 atom stereocenters. The second-order valence-electron chi connectivity index (χ2n) is 11.6. The predicted octanol–water partition coefficient (Wildman–Crippen LogP) is 3.62. The number of carbonyl (C=O) groups excluding carboxylic acids is 2. The van der Waals surface area contributed by atoms with Crippen molar-refractivity contribution in [2.24, 2.45) is 0 Å². The minimum absolute atomic E-state index is 0.166. The smallest absolute Gasteiger partial charge is 0.253 e. The van der Waals surface area contributed by atoms with E-state index in [1.54, 1.807) is 0 Å². The molecule has 9 nitrogen and oxygen atoms in total. The lowest BCUT2D eigenvalue weighted by Crippen LogP contribution is -2.57. The lowest BCUT2D eigenvalue weighted by molar-refractivity contribution is -0.126. The van der Waals surface area contributed by atoms with Gasteiger partial charge in [-0.15, -0.1) is 0 Å². The van der Waals surface area contributed by atoms with Crippen LogP contribution in [0.25, 0.3) is 0 Å². The molecule has 1 aromatic heterocycles. The number of amides is 2. The Labute approximate surface area is 225 Å². The molecule has 1 aromatic carbocycles. The molecule has 2 aromatic rings. The zero-order valence-corrected chi connectivity index (χ0v) is 22.6. The Hall–Kier alpha value is -3.20. The van der Waals surface area contributed by atoms with Gasteiger partial charge in [-0.2, -0.15) is 4.98 Å². The summed E-state index contributed by atoms with van der Waals surface area (Å²) in [5.74, 6) is 0.989. The maximum absolute atomic E-state index is 13.2. The Kier molecular flexibility index (Phi) is 6.72. The number of rotatable bonds is 5. The molecule has 3 fully saturated rings. The Morgan fingerprint density at radius 2 is 1.76 bits per heavy atom. The van der Waals surface area contributed by atoms with Crippen molar-refractivity contribution >= 4 is 35.0 Å². The van der Waals surface area contributed by atoms with Crippen molar-refractivity contribution in [1.82, 2.24) is 20.2 Å². The average molecular weight is 518 g/mol. The first-order chi connectivity index (χ1) is 18.4. The fourth-order valence-corrected chi connectivity index (χ4v) is 6.83. The van der Waals surface area contributed by atoms with Gasteiger partial charge in [-0.05, 0) is 70.2 Å². The van der Waals surface area contributed by atoms with Gasteiger partial charge < -0.3 is 15.1 Å². The highest BCUT2D eigenvalue weighted by Crippen LogP contribution is 2.43. The topological polar surface area (TPSA) is 93.7 Å². The number of hydrogen-bond acceptors (Lipinski definition) is 8. The van der Waals surface area contributed by atoms with Crippen LogP contribution in [0, 0.1) is 0 Å². The van der Waals surface area contributed by atoms with Crippen LogP contribution in [0.1, 0.15) is 64.4 Å². The maximum Gasteiger partial charge on any atom is 0.253 e. The van der Waals surface area contributed by atoms with Gasteiger partial charge >= 0.3 is 0 Å². The molecule has 2 amide bonds. The number of imide groups is 1. The molecule has 1 aliphatic carbocycles. The second-order valence-corrected chi connectivity index (χ2v) is 11.6. The number of anilines is 4. The molecule has 6 rings (SSSR count). The molecule has 1 spiro atoms. The summed E-state index contributed by atoms with van der Waals surface area (Å²) >= 11 is 0. The first kappa shape index (κ1) is 25.1. The van der Waals surface area contributed by atoms with Gasteiger partial charge in [0.1, 0.15) is 11.4 Å². The van der Waals surface area contributed by atoms with E-state index in [1.807, 2.05) is 6.20 Å². The van der Waals surface area contributed by atoms with Crippen LogP contribution in [0.15, 0.2) is 30.5 Å². The fourth-order valence-electron chi connectivity index (χ4n) is 6.83. The van der Waals surface area contributed by atoms with E-state index in [2.05, 4.69) is 68.4 Å². The Morgan fingerprint density at radius 1 is 1.03 bits per heavy atom. The molecule has 38 heavy (non-hydrogen) atoms. The minimum Gasteiger partial charge on any atom is -0.369 e. The van der Waals surface area contributed by atoms with E-state index in [-0.39, 0.29) is 24.3 Å². The van der Waals surface area contributed by atoms with E-state index >= 15 is 0 Å². The van der Waals surface area contributed by atoms with E-state index < -0.39 is 5.54 Å².